The second-order valence-corrected chi connectivity index (χ2v) is 6.65. The normalized spacial score (nSPS) is 28.1. The SMILES string of the molecule is Fc1cc(Br)ccc1NC1CCCC(C2CC2)C1. The van der Waals surface area contributed by atoms with Gasteiger partial charge in [0.1, 0.15) is 5.82 Å². The van der Waals surface area contributed by atoms with Crippen LogP contribution in [-0.4, -0.2) is 6.04 Å². The van der Waals surface area contributed by atoms with E-state index in [0.717, 1.165) is 16.3 Å². The molecule has 0 amide bonds. The molecule has 3 rings (SSSR count). The summed E-state index contributed by atoms with van der Waals surface area (Å²) in [6.07, 6.45) is 7.91. The highest BCUT2D eigenvalue weighted by Crippen LogP contribution is 2.44. The minimum atomic E-state index is -0.155. The van der Waals surface area contributed by atoms with E-state index in [4.69, 9.17) is 0 Å². The summed E-state index contributed by atoms with van der Waals surface area (Å²) in [6, 6.07) is 5.72. The fourth-order valence-corrected chi connectivity index (χ4v) is 3.51. The average molecular weight is 312 g/mol. The van der Waals surface area contributed by atoms with Gasteiger partial charge in [-0.05, 0) is 55.7 Å². The summed E-state index contributed by atoms with van der Waals surface area (Å²) in [7, 11) is 0. The zero-order chi connectivity index (χ0) is 12.5. The van der Waals surface area contributed by atoms with Crippen LogP contribution in [-0.2, 0) is 0 Å². The summed E-state index contributed by atoms with van der Waals surface area (Å²) in [6.45, 7) is 0. The second kappa shape index (κ2) is 5.20. The van der Waals surface area contributed by atoms with E-state index in [1.807, 2.05) is 12.1 Å². The van der Waals surface area contributed by atoms with Crippen molar-refractivity contribution < 1.29 is 4.39 Å². The molecule has 2 aliphatic carbocycles. The van der Waals surface area contributed by atoms with Gasteiger partial charge in [0.15, 0.2) is 0 Å². The molecule has 0 aromatic heterocycles. The van der Waals surface area contributed by atoms with Crippen LogP contribution in [0.25, 0.3) is 0 Å². The Balaban J connectivity index is 1.64. The number of hydrogen-bond acceptors (Lipinski definition) is 1. The van der Waals surface area contributed by atoms with E-state index in [0.29, 0.717) is 11.7 Å². The molecular weight excluding hydrogens is 293 g/mol. The van der Waals surface area contributed by atoms with Gasteiger partial charge in [-0.25, -0.2) is 4.39 Å². The molecule has 2 atom stereocenters. The van der Waals surface area contributed by atoms with E-state index in [1.54, 1.807) is 0 Å². The molecule has 1 nitrogen and oxygen atoms in total. The Morgan fingerprint density at radius 2 is 1.94 bits per heavy atom. The highest BCUT2D eigenvalue weighted by Gasteiger charge is 2.34. The molecule has 2 unspecified atom stereocenters. The van der Waals surface area contributed by atoms with Gasteiger partial charge in [0.2, 0.25) is 0 Å². The maximum absolute atomic E-state index is 13.8. The Labute approximate surface area is 116 Å². The molecule has 0 bridgehead atoms. The number of rotatable bonds is 3. The van der Waals surface area contributed by atoms with Gasteiger partial charge in [0, 0.05) is 10.5 Å². The summed E-state index contributed by atoms with van der Waals surface area (Å²) >= 11 is 3.29. The first-order valence-corrected chi connectivity index (χ1v) is 7.73. The van der Waals surface area contributed by atoms with E-state index >= 15 is 0 Å². The molecule has 2 fully saturated rings. The molecule has 3 heteroatoms. The van der Waals surface area contributed by atoms with Crippen molar-refractivity contribution in [2.75, 3.05) is 5.32 Å². The van der Waals surface area contributed by atoms with E-state index in [2.05, 4.69) is 21.2 Å². The van der Waals surface area contributed by atoms with E-state index in [-0.39, 0.29) is 5.82 Å². The van der Waals surface area contributed by atoms with Crippen molar-refractivity contribution in [1.29, 1.82) is 0 Å². The highest BCUT2D eigenvalue weighted by molar-refractivity contribution is 9.10. The lowest BCUT2D eigenvalue weighted by Gasteiger charge is -2.30. The Kier molecular flexibility index (Phi) is 3.60. The summed E-state index contributed by atoms with van der Waals surface area (Å²) in [5.74, 6) is 1.71. The average Bonchev–Trinajstić information content (AvgIpc) is 3.17. The number of anilines is 1. The Morgan fingerprint density at radius 3 is 2.67 bits per heavy atom. The van der Waals surface area contributed by atoms with Gasteiger partial charge in [-0.1, -0.05) is 28.8 Å². The second-order valence-electron chi connectivity index (χ2n) is 5.73. The molecule has 0 spiro atoms. The summed E-state index contributed by atoms with van der Waals surface area (Å²) in [4.78, 5) is 0. The van der Waals surface area contributed by atoms with Gasteiger partial charge in [-0.15, -0.1) is 0 Å². The third kappa shape index (κ3) is 2.87. The maximum Gasteiger partial charge on any atom is 0.147 e. The van der Waals surface area contributed by atoms with Gasteiger partial charge in [-0.2, -0.15) is 0 Å². The lowest BCUT2D eigenvalue weighted by atomic mass is 9.82. The van der Waals surface area contributed by atoms with Crippen molar-refractivity contribution in [3.8, 4) is 0 Å². The molecule has 0 radical (unpaired) electrons. The lowest BCUT2D eigenvalue weighted by Crippen LogP contribution is -2.28. The van der Waals surface area contributed by atoms with Crippen LogP contribution in [0.5, 0.6) is 0 Å². The smallest absolute Gasteiger partial charge is 0.147 e. The van der Waals surface area contributed by atoms with Crippen molar-refractivity contribution in [3.05, 3.63) is 28.5 Å². The molecule has 98 valence electrons. The van der Waals surface area contributed by atoms with Crippen molar-refractivity contribution in [2.24, 2.45) is 11.8 Å². The molecule has 2 aliphatic rings. The van der Waals surface area contributed by atoms with Crippen LogP contribution in [0, 0.1) is 17.7 Å². The fourth-order valence-electron chi connectivity index (χ4n) is 3.18. The quantitative estimate of drug-likeness (QED) is 0.831. The van der Waals surface area contributed by atoms with Gasteiger partial charge < -0.3 is 5.32 Å². The largest absolute Gasteiger partial charge is 0.380 e. The molecule has 1 aromatic carbocycles. The number of nitrogens with one attached hydrogen (secondary N) is 1. The first-order valence-electron chi connectivity index (χ1n) is 6.94. The number of hydrogen-bond donors (Lipinski definition) is 1. The molecule has 1 N–H and O–H groups in total. The van der Waals surface area contributed by atoms with Gasteiger partial charge in [0.05, 0.1) is 5.69 Å². The van der Waals surface area contributed by atoms with Crippen molar-refractivity contribution in [3.63, 3.8) is 0 Å². The van der Waals surface area contributed by atoms with Crippen molar-refractivity contribution in [2.45, 2.75) is 44.6 Å². The van der Waals surface area contributed by atoms with Crippen LogP contribution >= 0.6 is 15.9 Å². The van der Waals surface area contributed by atoms with Gasteiger partial charge in [0.25, 0.3) is 0 Å². The maximum atomic E-state index is 13.8. The van der Waals surface area contributed by atoms with E-state index in [1.165, 1.54) is 44.6 Å². The summed E-state index contributed by atoms with van der Waals surface area (Å²) < 4.78 is 14.6. The third-order valence-corrected chi connectivity index (χ3v) is 4.79. The van der Waals surface area contributed by atoms with Crippen LogP contribution in [0.15, 0.2) is 22.7 Å². The molecule has 18 heavy (non-hydrogen) atoms. The minimum absolute atomic E-state index is 0.155. The third-order valence-electron chi connectivity index (χ3n) is 4.29. The first-order chi connectivity index (χ1) is 8.72. The molecule has 0 aliphatic heterocycles. The standard InChI is InChI=1S/C15H19BrFN/c16-12-6-7-15(14(17)9-12)18-13-3-1-2-11(8-13)10-4-5-10/h6-7,9-11,13,18H,1-5,8H2. The lowest BCUT2D eigenvalue weighted by molar-refractivity contribution is 0.302. The molecular formula is C15H19BrFN. The molecule has 0 saturated heterocycles. The zero-order valence-corrected chi connectivity index (χ0v) is 12.0. The number of benzene rings is 1. The predicted octanol–water partition coefficient (Wildman–Crippen LogP) is 4.97. The Hall–Kier alpha value is -0.570. The van der Waals surface area contributed by atoms with Crippen LogP contribution in [0.2, 0.25) is 0 Å². The Bertz CT molecular complexity index is 431. The highest BCUT2D eigenvalue weighted by atomic mass is 79.9. The molecule has 0 heterocycles. The zero-order valence-electron chi connectivity index (χ0n) is 10.5. The van der Waals surface area contributed by atoms with E-state index < -0.39 is 0 Å². The summed E-state index contributed by atoms with van der Waals surface area (Å²) in [5, 5.41) is 3.39. The molecule has 2 saturated carbocycles. The van der Waals surface area contributed by atoms with Crippen LogP contribution in [0.3, 0.4) is 0 Å². The Morgan fingerprint density at radius 1 is 1.11 bits per heavy atom. The van der Waals surface area contributed by atoms with E-state index in [9.17, 15) is 4.39 Å². The van der Waals surface area contributed by atoms with Crippen LogP contribution in [0.4, 0.5) is 10.1 Å². The number of halogens is 2. The van der Waals surface area contributed by atoms with Gasteiger partial charge >= 0.3 is 0 Å². The topological polar surface area (TPSA) is 12.0 Å². The monoisotopic (exact) mass is 311 g/mol. The summed E-state index contributed by atoms with van der Waals surface area (Å²) in [5.41, 5.74) is 0.652. The first kappa shape index (κ1) is 12.5. The van der Waals surface area contributed by atoms with Crippen LogP contribution < -0.4 is 5.32 Å². The fraction of sp³-hybridized carbons (Fsp3) is 0.600. The predicted molar refractivity (Wildman–Crippen MR) is 76.2 cm³/mol. The minimum Gasteiger partial charge on any atom is -0.380 e. The molecule has 1 aromatic rings. The van der Waals surface area contributed by atoms with Crippen molar-refractivity contribution in [1.82, 2.24) is 0 Å². The van der Waals surface area contributed by atoms with Gasteiger partial charge in [-0.3, -0.25) is 0 Å². The van der Waals surface area contributed by atoms with Crippen molar-refractivity contribution >= 4 is 21.6 Å². The van der Waals surface area contributed by atoms with Crippen LogP contribution in [0.1, 0.15) is 38.5 Å².